The molecule has 0 bridgehead atoms. The molecule has 2 aromatic carbocycles. The second-order valence-corrected chi connectivity index (χ2v) is 9.88. The molecule has 1 saturated carbocycles. The van der Waals surface area contributed by atoms with Gasteiger partial charge in [-0.3, -0.25) is 0 Å². The van der Waals surface area contributed by atoms with Crippen LogP contribution in [0.1, 0.15) is 54.5 Å². The Bertz CT molecular complexity index is 1090. The van der Waals surface area contributed by atoms with E-state index in [-0.39, 0.29) is 0 Å². The average molecular weight is 486 g/mol. The lowest BCUT2D eigenvalue weighted by Crippen LogP contribution is -2.44. The topological polar surface area (TPSA) is 56.9 Å². The Morgan fingerprint density at radius 2 is 1.80 bits per heavy atom. The van der Waals surface area contributed by atoms with Crippen molar-refractivity contribution >= 4 is 17.3 Å². The van der Waals surface area contributed by atoms with Crippen molar-refractivity contribution in [3.63, 3.8) is 0 Å². The molecule has 0 unspecified atom stereocenters. The number of hydrogen-bond donors (Lipinski definition) is 1. The summed E-state index contributed by atoms with van der Waals surface area (Å²) in [6.45, 7) is 3.51. The van der Waals surface area contributed by atoms with Gasteiger partial charge >= 0.3 is 0 Å². The fraction of sp³-hybridized carbons (Fsp3) is 0.414. The number of nitrogens with zero attached hydrogens (tertiary/aromatic N) is 4. The van der Waals surface area contributed by atoms with Gasteiger partial charge < -0.3 is 14.8 Å². The first kappa shape index (κ1) is 24.9. The van der Waals surface area contributed by atoms with Gasteiger partial charge in [-0.15, -0.1) is 0 Å². The van der Waals surface area contributed by atoms with Gasteiger partial charge in [0.05, 0.1) is 18.0 Å². The normalized spacial score (nSPS) is 13.8. The second kappa shape index (κ2) is 13.1. The lowest BCUT2D eigenvalue weighted by atomic mass is 9.89. The van der Waals surface area contributed by atoms with Gasteiger partial charge in [-0.1, -0.05) is 61.7 Å². The van der Waals surface area contributed by atoms with Crippen LogP contribution >= 0.6 is 12.2 Å². The maximum Gasteiger partial charge on any atom is 0.168 e. The van der Waals surface area contributed by atoms with E-state index in [1.54, 1.807) is 0 Å². The molecular weight excluding hydrogens is 450 g/mol. The SMILES string of the molecule is N#Cc1ccc(Cn2cncc2CCN(CC2CCCCC2)C(=S)NCCc2ccccc2)cc1. The quantitative estimate of drug-likeness (QED) is 0.393. The Morgan fingerprint density at radius 1 is 1.03 bits per heavy atom. The van der Waals surface area contributed by atoms with Crippen LogP contribution in [0.5, 0.6) is 0 Å². The number of hydrogen-bond acceptors (Lipinski definition) is 3. The molecule has 1 aliphatic rings. The summed E-state index contributed by atoms with van der Waals surface area (Å²) in [5.74, 6) is 0.723. The molecule has 0 spiro atoms. The maximum absolute atomic E-state index is 9.04. The fourth-order valence-corrected chi connectivity index (χ4v) is 5.12. The lowest BCUT2D eigenvalue weighted by Gasteiger charge is -2.32. The molecule has 35 heavy (non-hydrogen) atoms. The molecule has 1 aliphatic carbocycles. The first-order valence-corrected chi connectivity index (χ1v) is 13.2. The molecule has 1 fully saturated rings. The van der Waals surface area contributed by atoms with Crippen LogP contribution in [-0.2, 0) is 19.4 Å². The minimum atomic E-state index is 0.686. The number of nitriles is 1. The minimum absolute atomic E-state index is 0.686. The summed E-state index contributed by atoms with van der Waals surface area (Å²) in [6, 6.07) is 20.5. The van der Waals surface area contributed by atoms with E-state index in [1.807, 2.05) is 36.8 Å². The molecule has 182 valence electrons. The molecule has 0 radical (unpaired) electrons. The highest BCUT2D eigenvalue weighted by Gasteiger charge is 2.19. The monoisotopic (exact) mass is 485 g/mol. The van der Waals surface area contributed by atoms with Crippen molar-refractivity contribution < 1.29 is 0 Å². The zero-order chi connectivity index (χ0) is 24.3. The van der Waals surface area contributed by atoms with Gasteiger partial charge in [0.1, 0.15) is 0 Å². The minimum Gasteiger partial charge on any atom is -0.362 e. The average Bonchev–Trinajstić information content (AvgIpc) is 3.35. The van der Waals surface area contributed by atoms with E-state index in [1.165, 1.54) is 48.9 Å². The molecule has 1 heterocycles. The molecule has 1 N–H and O–H groups in total. The van der Waals surface area contributed by atoms with E-state index >= 15 is 0 Å². The van der Waals surface area contributed by atoms with E-state index in [4.69, 9.17) is 17.5 Å². The van der Waals surface area contributed by atoms with Crippen molar-refractivity contribution in [3.05, 3.63) is 89.5 Å². The highest BCUT2D eigenvalue weighted by atomic mass is 32.1. The van der Waals surface area contributed by atoms with Crippen LogP contribution in [0, 0.1) is 17.2 Å². The summed E-state index contributed by atoms with van der Waals surface area (Å²) in [6.07, 6.45) is 12.4. The van der Waals surface area contributed by atoms with Crippen molar-refractivity contribution in [1.29, 1.82) is 5.26 Å². The van der Waals surface area contributed by atoms with Crippen LogP contribution < -0.4 is 5.32 Å². The van der Waals surface area contributed by atoms with Gasteiger partial charge in [0, 0.05) is 44.5 Å². The van der Waals surface area contributed by atoms with Crippen molar-refractivity contribution in [1.82, 2.24) is 19.8 Å². The molecule has 0 aliphatic heterocycles. The summed E-state index contributed by atoms with van der Waals surface area (Å²) >= 11 is 5.88. The summed E-state index contributed by atoms with van der Waals surface area (Å²) in [7, 11) is 0. The second-order valence-electron chi connectivity index (χ2n) is 9.49. The Kier molecular flexibility index (Phi) is 9.31. The first-order chi connectivity index (χ1) is 17.2. The van der Waals surface area contributed by atoms with Gasteiger partial charge in [0.15, 0.2) is 5.11 Å². The Labute approximate surface area is 214 Å². The zero-order valence-corrected chi connectivity index (χ0v) is 21.2. The molecule has 0 atom stereocenters. The van der Waals surface area contributed by atoms with Crippen LogP contribution in [0.15, 0.2) is 67.1 Å². The van der Waals surface area contributed by atoms with Crippen LogP contribution in [-0.4, -0.2) is 39.2 Å². The molecule has 4 rings (SSSR count). The van der Waals surface area contributed by atoms with Gasteiger partial charge in [-0.25, -0.2) is 4.98 Å². The standard InChI is InChI=1S/C29H35N5S/c30-19-25-11-13-27(14-12-25)22-34-23-31-20-28(34)16-18-33(21-26-9-5-2-6-10-26)29(35)32-17-15-24-7-3-1-4-8-24/h1,3-4,7-8,11-14,20,23,26H,2,5-6,9-10,15-18,21-22H2,(H,32,35). The van der Waals surface area contributed by atoms with Crippen LogP contribution in [0.2, 0.25) is 0 Å². The number of aromatic nitrogens is 2. The largest absolute Gasteiger partial charge is 0.362 e. The molecule has 0 saturated heterocycles. The fourth-order valence-electron chi connectivity index (χ4n) is 4.86. The maximum atomic E-state index is 9.04. The Balaban J connectivity index is 1.36. The van der Waals surface area contributed by atoms with Crippen LogP contribution in [0.25, 0.3) is 0 Å². The van der Waals surface area contributed by atoms with Gasteiger partial charge in [0.2, 0.25) is 0 Å². The summed E-state index contributed by atoms with van der Waals surface area (Å²) in [5, 5.41) is 13.4. The van der Waals surface area contributed by atoms with Crippen LogP contribution in [0.3, 0.4) is 0 Å². The van der Waals surface area contributed by atoms with Gasteiger partial charge in [-0.05, 0) is 60.7 Å². The smallest absolute Gasteiger partial charge is 0.168 e. The molecule has 1 aromatic heterocycles. The number of rotatable bonds is 10. The molecule has 0 amide bonds. The van der Waals surface area contributed by atoms with Gasteiger partial charge in [-0.2, -0.15) is 5.26 Å². The Morgan fingerprint density at radius 3 is 2.54 bits per heavy atom. The van der Waals surface area contributed by atoms with E-state index in [9.17, 15) is 0 Å². The predicted molar refractivity (Wildman–Crippen MR) is 145 cm³/mol. The molecular formula is C29H35N5S. The van der Waals surface area contributed by atoms with E-state index in [2.05, 4.69) is 56.2 Å². The first-order valence-electron chi connectivity index (χ1n) is 12.8. The third kappa shape index (κ3) is 7.66. The van der Waals surface area contributed by atoms with Crippen LogP contribution in [0.4, 0.5) is 0 Å². The zero-order valence-electron chi connectivity index (χ0n) is 20.4. The molecule has 5 nitrogen and oxygen atoms in total. The predicted octanol–water partition coefficient (Wildman–Crippen LogP) is 5.35. The highest BCUT2D eigenvalue weighted by Crippen LogP contribution is 2.24. The van der Waals surface area contributed by atoms with E-state index in [0.717, 1.165) is 50.1 Å². The Hall–Kier alpha value is -3.17. The number of benzene rings is 2. The van der Waals surface area contributed by atoms with Crippen molar-refractivity contribution in [2.45, 2.75) is 51.5 Å². The number of thiocarbonyl (C=S) groups is 1. The third-order valence-corrected chi connectivity index (χ3v) is 7.30. The van der Waals surface area contributed by atoms with Crippen molar-refractivity contribution in [2.24, 2.45) is 5.92 Å². The summed E-state index contributed by atoms with van der Waals surface area (Å²) in [4.78, 5) is 6.80. The van der Waals surface area contributed by atoms with Gasteiger partial charge in [0.25, 0.3) is 0 Å². The molecule has 3 aromatic rings. The summed E-state index contributed by atoms with van der Waals surface area (Å²) in [5.41, 5.74) is 4.38. The van der Waals surface area contributed by atoms with Crippen molar-refractivity contribution in [3.8, 4) is 6.07 Å². The number of nitrogens with one attached hydrogen (secondary N) is 1. The molecule has 6 heteroatoms. The lowest BCUT2D eigenvalue weighted by molar-refractivity contribution is 0.272. The van der Waals surface area contributed by atoms with E-state index in [0.29, 0.717) is 5.56 Å². The van der Waals surface area contributed by atoms with E-state index < -0.39 is 0 Å². The summed E-state index contributed by atoms with van der Waals surface area (Å²) < 4.78 is 2.20. The third-order valence-electron chi connectivity index (χ3n) is 6.90. The number of imidazole rings is 1. The van der Waals surface area contributed by atoms with Crippen molar-refractivity contribution in [2.75, 3.05) is 19.6 Å². The highest BCUT2D eigenvalue weighted by molar-refractivity contribution is 7.80.